The van der Waals surface area contributed by atoms with Gasteiger partial charge in [0, 0.05) is 31.6 Å². The number of piperazine rings is 1. The van der Waals surface area contributed by atoms with Gasteiger partial charge in [0.15, 0.2) is 0 Å². The Morgan fingerprint density at radius 1 is 1.50 bits per heavy atom. The van der Waals surface area contributed by atoms with Crippen LogP contribution in [0.25, 0.3) is 0 Å². The van der Waals surface area contributed by atoms with Crippen LogP contribution in [-0.4, -0.2) is 47.9 Å². The molecular weight excluding hydrogens is 206 g/mol. The Morgan fingerprint density at radius 3 is 2.81 bits per heavy atom. The molecule has 0 aromatic heterocycles. The van der Waals surface area contributed by atoms with Crippen LogP contribution in [-0.2, 0) is 9.59 Å². The molecule has 1 atom stereocenters. The molecule has 2 heterocycles. The van der Waals surface area contributed by atoms with Crippen molar-refractivity contribution in [2.75, 3.05) is 19.6 Å². The predicted molar refractivity (Wildman–Crippen MR) is 59.8 cm³/mol. The molecule has 2 N–H and O–H groups in total. The van der Waals surface area contributed by atoms with E-state index in [9.17, 15) is 9.59 Å². The highest BCUT2D eigenvalue weighted by atomic mass is 16.2. The van der Waals surface area contributed by atoms with Crippen LogP contribution >= 0.6 is 0 Å². The zero-order valence-electron chi connectivity index (χ0n) is 9.88. The van der Waals surface area contributed by atoms with Crippen LogP contribution in [0.1, 0.15) is 26.7 Å². The highest BCUT2D eigenvalue weighted by Gasteiger charge is 2.38. The fourth-order valence-electron chi connectivity index (χ4n) is 2.38. The molecule has 0 saturated carbocycles. The maximum Gasteiger partial charge on any atom is 0.245 e. The standard InChI is InChI=1S/C11H19N3O2/c1-11(2)7-12-5-6-14(11)10(16)8-3-4-9(15)13-8/h8,12H,3-7H2,1-2H3,(H,13,15)/t8-/m0/s1. The molecule has 0 aliphatic carbocycles. The molecule has 0 radical (unpaired) electrons. The Hall–Kier alpha value is -1.10. The van der Waals surface area contributed by atoms with Crippen LogP contribution in [0.15, 0.2) is 0 Å². The maximum atomic E-state index is 12.2. The van der Waals surface area contributed by atoms with Crippen molar-refractivity contribution in [3.05, 3.63) is 0 Å². The summed E-state index contributed by atoms with van der Waals surface area (Å²) < 4.78 is 0. The number of hydrogen-bond donors (Lipinski definition) is 2. The first kappa shape index (κ1) is 11.4. The van der Waals surface area contributed by atoms with Crippen molar-refractivity contribution in [3.8, 4) is 0 Å². The van der Waals surface area contributed by atoms with Crippen molar-refractivity contribution in [2.24, 2.45) is 0 Å². The summed E-state index contributed by atoms with van der Waals surface area (Å²) in [6.45, 7) is 6.45. The molecule has 16 heavy (non-hydrogen) atoms. The van der Waals surface area contributed by atoms with E-state index in [1.54, 1.807) is 0 Å². The molecule has 2 aliphatic rings. The van der Waals surface area contributed by atoms with E-state index in [4.69, 9.17) is 0 Å². The van der Waals surface area contributed by atoms with Crippen molar-refractivity contribution in [1.29, 1.82) is 0 Å². The molecule has 5 nitrogen and oxygen atoms in total. The summed E-state index contributed by atoms with van der Waals surface area (Å²) >= 11 is 0. The molecular formula is C11H19N3O2. The number of hydrogen-bond acceptors (Lipinski definition) is 3. The molecule has 0 aromatic carbocycles. The quantitative estimate of drug-likeness (QED) is 0.631. The topological polar surface area (TPSA) is 61.4 Å². The molecule has 0 aromatic rings. The third-order valence-corrected chi connectivity index (χ3v) is 3.36. The van der Waals surface area contributed by atoms with E-state index in [-0.39, 0.29) is 23.4 Å². The van der Waals surface area contributed by atoms with E-state index in [2.05, 4.69) is 10.6 Å². The van der Waals surface area contributed by atoms with Gasteiger partial charge in [0.25, 0.3) is 0 Å². The lowest BCUT2D eigenvalue weighted by molar-refractivity contribution is -0.140. The van der Waals surface area contributed by atoms with Crippen molar-refractivity contribution in [2.45, 2.75) is 38.3 Å². The summed E-state index contributed by atoms with van der Waals surface area (Å²) in [5, 5.41) is 6.02. The van der Waals surface area contributed by atoms with Gasteiger partial charge in [-0.1, -0.05) is 0 Å². The minimum Gasteiger partial charge on any atom is -0.344 e. The summed E-state index contributed by atoms with van der Waals surface area (Å²) in [5.41, 5.74) is -0.164. The average molecular weight is 225 g/mol. The largest absolute Gasteiger partial charge is 0.344 e. The third-order valence-electron chi connectivity index (χ3n) is 3.36. The predicted octanol–water partition coefficient (Wildman–Crippen LogP) is -0.525. The highest BCUT2D eigenvalue weighted by molar-refractivity contribution is 5.91. The van der Waals surface area contributed by atoms with E-state index < -0.39 is 0 Å². The normalized spacial score (nSPS) is 29.0. The molecule has 2 amide bonds. The van der Waals surface area contributed by atoms with Crippen molar-refractivity contribution < 1.29 is 9.59 Å². The van der Waals surface area contributed by atoms with Crippen LogP contribution < -0.4 is 10.6 Å². The van der Waals surface area contributed by atoms with Crippen LogP contribution in [0.4, 0.5) is 0 Å². The first-order valence-corrected chi connectivity index (χ1v) is 5.82. The van der Waals surface area contributed by atoms with Crippen molar-refractivity contribution in [3.63, 3.8) is 0 Å². The first-order valence-electron chi connectivity index (χ1n) is 5.82. The maximum absolute atomic E-state index is 12.2. The molecule has 0 bridgehead atoms. The second-order valence-electron chi connectivity index (χ2n) is 5.14. The van der Waals surface area contributed by atoms with Crippen LogP contribution in [0, 0.1) is 0 Å². The second-order valence-corrected chi connectivity index (χ2v) is 5.14. The Kier molecular flexibility index (Phi) is 2.88. The van der Waals surface area contributed by atoms with Crippen molar-refractivity contribution >= 4 is 11.8 Å². The van der Waals surface area contributed by atoms with Crippen molar-refractivity contribution in [1.82, 2.24) is 15.5 Å². The number of carbonyl (C=O) groups is 2. The van der Waals surface area contributed by atoms with E-state index in [0.717, 1.165) is 19.6 Å². The SMILES string of the molecule is CC1(C)CNCCN1C(=O)[C@@H]1CCC(=O)N1. The van der Waals surface area contributed by atoms with Gasteiger partial charge in [-0.2, -0.15) is 0 Å². The lowest BCUT2D eigenvalue weighted by Crippen LogP contribution is -2.62. The Morgan fingerprint density at radius 2 is 2.25 bits per heavy atom. The molecule has 0 spiro atoms. The van der Waals surface area contributed by atoms with Gasteiger partial charge in [0.05, 0.1) is 0 Å². The lowest BCUT2D eigenvalue weighted by Gasteiger charge is -2.43. The molecule has 5 heteroatoms. The van der Waals surface area contributed by atoms with Crippen LogP contribution in [0.2, 0.25) is 0 Å². The molecule has 2 fully saturated rings. The Bertz CT molecular complexity index is 314. The molecule has 2 saturated heterocycles. The zero-order valence-corrected chi connectivity index (χ0v) is 9.88. The smallest absolute Gasteiger partial charge is 0.245 e. The molecule has 0 unspecified atom stereocenters. The lowest BCUT2D eigenvalue weighted by atomic mass is 9.98. The van der Waals surface area contributed by atoms with E-state index in [1.165, 1.54) is 0 Å². The van der Waals surface area contributed by atoms with Crippen LogP contribution in [0.3, 0.4) is 0 Å². The summed E-state index contributed by atoms with van der Waals surface area (Å²) in [4.78, 5) is 25.2. The Balaban J connectivity index is 2.05. The van der Waals surface area contributed by atoms with Gasteiger partial charge in [-0.3, -0.25) is 9.59 Å². The number of rotatable bonds is 1. The molecule has 2 aliphatic heterocycles. The van der Waals surface area contributed by atoms with Gasteiger partial charge < -0.3 is 15.5 Å². The molecule has 2 rings (SSSR count). The van der Waals surface area contributed by atoms with Gasteiger partial charge >= 0.3 is 0 Å². The number of nitrogens with zero attached hydrogens (tertiary/aromatic N) is 1. The monoisotopic (exact) mass is 225 g/mol. The highest BCUT2D eigenvalue weighted by Crippen LogP contribution is 2.20. The summed E-state index contributed by atoms with van der Waals surface area (Å²) in [6.07, 6.45) is 1.11. The van der Waals surface area contributed by atoms with Gasteiger partial charge in [-0.05, 0) is 20.3 Å². The number of nitrogens with one attached hydrogen (secondary N) is 2. The average Bonchev–Trinajstić information content (AvgIpc) is 2.63. The van der Waals surface area contributed by atoms with Gasteiger partial charge in [0.2, 0.25) is 11.8 Å². The second kappa shape index (κ2) is 4.05. The Labute approximate surface area is 95.6 Å². The van der Waals surface area contributed by atoms with E-state index in [1.807, 2.05) is 18.7 Å². The number of amides is 2. The number of carbonyl (C=O) groups excluding carboxylic acids is 2. The fraction of sp³-hybridized carbons (Fsp3) is 0.818. The van der Waals surface area contributed by atoms with Gasteiger partial charge in [-0.15, -0.1) is 0 Å². The summed E-state index contributed by atoms with van der Waals surface area (Å²) in [7, 11) is 0. The zero-order chi connectivity index (χ0) is 11.8. The first-order chi connectivity index (χ1) is 7.50. The third kappa shape index (κ3) is 2.04. The fourth-order valence-corrected chi connectivity index (χ4v) is 2.38. The van der Waals surface area contributed by atoms with E-state index >= 15 is 0 Å². The van der Waals surface area contributed by atoms with Gasteiger partial charge in [0.1, 0.15) is 6.04 Å². The molecule has 90 valence electrons. The minimum atomic E-state index is -0.301. The van der Waals surface area contributed by atoms with Crippen LogP contribution in [0.5, 0.6) is 0 Å². The summed E-state index contributed by atoms with van der Waals surface area (Å²) in [5.74, 6) is 0.0589. The van der Waals surface area contributed by atoms with Gasteiger partial charge in [-0.25, -0.2) is 0 Å². The van der Waals surface area contributed by atoms with E-state index in [0.29, 0.717) is 12.8 Å². The minimum absolute atomic E-state index is 0.00806. The summed E-state index contributed by atoms with van der Waals surface area (Å²) in [6, 6.07) is -0.301.